The lowest BCUT2D eigenvalue weighted by Gasteiger charge is -2.26. The van der Waals surface area contributed by atoms with E-state index < -0.39 is 12.2 Å². The number of hydrogen-bond acceptors (Lipinski definition) is 14. The van der Waals surface area contributed by atoms with E-state index in [2.05, 4.69) is 15.1 Å². The van der Waals surface area contributed by atoms with Crippen LogP contribution in [0, 0.1) is 0 Å². The molecule has 1 aromatic carbocycles. The molecule has 0 aliphatic carbocycles. The largest absolute Gasteiger partial charge is 0.408 e. The molecule has 0 spiro atoms. The van der Waals surface area contributed by atoms with Crippen molar-refractivity contribution in [2.45, 2.75) is 104 Å². The summed E-state index contributed by atoms with van der Waals surface area (Å²) in [6.45, 7) is 20.7. The fraction of sp³-hybridized carbons (Fsp3) is 0.763. The van der Waals surface area contributed by atoms with E-state index >= 15 is 0 Å². The molecule has 0 bridgehead atoms. The van der Waals surface area contributed by atoms with Gasteiger partial charge in [0.05, 0.1) is 127 Å². The molecule has 0 saturated heterocycles. The Morgan fingerprint density at radius 2 is 0.981 bits per heavy atom. The molecular formula is C38H67N4O10S+. The van der Waals surface area contributed by atoms with Crippen LogP contribution in [-0.4, -0.2) is 138 Å². The van der Waals surface area contributed by atoms with Crippen molar-refractivity contribution < 1.29 is 52.7 Å². The number of benzene rings is 1. The van der Waals surface area contributed by atoms with Gasteiger partial charge >= 0.3 is 5.13 Å². The van der Waals surface area contributed by atoms with Crippen LogP contribution in [-0.2, 0) is 44.9 Å². The monoisotopic (exact) mass is 771 g/mol. The smallest absolute Gasteiger partial charge is 0.391 e. The molecule has 0 radical (unpaired) electrons. The normalized spacial score (nSPS) is 16.7. The summed E-state index contributed by atoms with van der Waals surface area (Å²) in [4.78, 5) is 2.23. The molecule has 2 aromatic rings. The highest BCUT2D eigenvalue weighted by atomic mass is 32.1. The van der Waals surface area contributed by atoms with E-state index in [1.807, 2.05) is 89.0 Å². The summed E-state index contributed by atoms with van der Waals surface area (Å²) in [5, 5.41) is 30.3. The number of rotatable bonds is 31. The maximum Gasteiger partial charge on any atom is 0.408 e. The molecule has 0 saturated carbocycles. The van der Waals surface area contributed by atoms with Gasteiger partial charge in [0.15, 0.2) is 0 Å². The van der Waals surface area contributed by atoms with E-state index in [0.717, 1.165) is 16.5 Å². The first-order chi connectivity index (χ1) is 25.3. The van der Waals surface area contributed by atoms with E-state index in [-0.39, 0.29) is 49.8 Å². The van der Waals surface area contributed by atoms with Gasteiger partial charge in [-0.1, -0.05) is 0 Å². The molecule has 0 amide bonds. The summed E-state index contributed by atoms with van der Waals surface area (Å²) < 4.78 is 48.6. The minimum atomic E-state index is -0.498. The number of aliphatic hydroxyl groups is 2. The molecule has 1 heterocycles. The van der Waals surface area contributed by atoms with Gasteiger partial charge in [0, 0.05) is 24.2 Å². The lowest BCUT2D eigenvalue weighted by atomic mass is 10.2. The third-order valence-corrected chi connectivity index (χ3v) is 8.49. The summed E-state index contributed by atoms with van der Waals surface area (Å²) in [6.07, 6.45) is 0.356. The minimum absolute atomic E-state index is 0.0955. The van der Waals surface area contributed by atoms with Gasteiger partial charge in [-0.25, -0.2) is 4.57 Å². The first-order valence-corrected chi connectivity index (χ1v) is 19.6. The van der Waals surface area contributed by atoms with Crippen molar-refractivity contribution in [3.63, 3.8) is 0 Å². The van der Waals surface area contributed by atoms with Crippen molar-refractivity contribution >= 4 is 27.8 Å². The first kappa shape index (κ1) is 47.0. The van der Waals surface area contributed by atoms with Gasteiger partial charge in [-0.3, -0.25) is 0 Å². The molecule has 2 N–H and O–H groups in total. The molecule has 8 atom stereocenters. The molecule has 15 heteroatoms. The zero-order chi connectivity index (χ0) is 39.0. The van der Waals surface area contributed by atoms with Crippen LogP contribution in [0.4, 0.5) is 16.5 Å². The Hall–Kier alpha value is -2.15. The number of aliphatic hydroxyl groups excluding tert-OH is 2. The number of anilines is 1. The molecule has 304 valence electrons. The van der Waals surface area contributed by atoms with Crippen molar-refractivity contribution in [1.82, 2.24) is 0 Å². The van der Waals surface area contributed by atoms with Gasteiger partial charge in [0.25, 0.3) is 0 Å². The highest BCUT2D eigenvalue weighted by Crippen LogP contribution is 2.22. The Morgan fingerprint density at radius 3 is 1.36 bits per heavy atom. The number of ether oxygens (including phenoxy) is 8. The van der Waals surface area contributed by atoms with Gasteiger partial charge in [0.1, 0.15) is 11.9 Å². The van der Waals surface area contributed by atoms with Crippen LogP contribution in [0.1, 0.15) is 55.4 Å². The van der Waals surface area contributed by atoms with Crippen LogP contribution >= 0.6 is 11.3 Å². The van der Waals surface area contributed by atoms with Crippen molar-refractivity contribution in [3.8, 4) is 0 Å². The second kappa shape index (κ2) is 27.4. The highest BCUT2D eigenvalue weighted by molar-refractivity contribution is 7.12. The van der Waals surface area contributed by atoms with Crippen LogP contribution in [0.15, 0.2) is 46.1 Å². The second-order valence-corrected chi connectivity index (χ2v) is 14.6. The lowest BCUT2D eigenvalue weighted by molar-refractivity contribution is -0.654. The highest BCUT2D eigenvalue weighted by Gasteiger charge is 2.14. The van der Waals surface area contributed by atoms with E-state index in [1.54, 1.807) is 13.8 Å². The van der Waals surface area contributed by atoms with Crippen LogP contribution < -0.4 is 9.47 Å². The van der Waals surface area contributed by atoms with Crippen LogP contribution in [0.25, 0.3) is 0 Å². The van der Waals surface area contributed by atoms with Crippen LogP contribution in [0.2, 0.25) is 0 Å². The molecular weight excluding hydrogens is 705 g/mol. The van der Waals surface area contributed by atoms with Crippen molar-refractivity contribution in [1.29, 1.82) is 0 Å². The minimum Gasteiger partial charge on any atom is -0.391 e. The number of hydrogen-bond donors (Lipinski definition) is 2. The molecule has 0 fully saturated rings. The van der Waals surface area contributed by atoms with Crippen LogP contribution in [0.3, 0.4) is 0 Å². The maximum absolute atomic E-state index is 9.38. The Kier molecular flexibility index (Phi) is 24.3. The third kappa shape index (κ3) is 22.7. The number of nitrogens with zero attached hydrogens (tertiary/aromatic N) is 4. The molecule has 14 nitrogen and oxygen atoms in total. The van der Waals surface area contributed by atoms with E-state index in [9.17, 15) is 10.2 Å². The van der Waals surface area contributed by atoms with Crippen molar-refractivity contribution in [2.75, 3.05) is 84.1 Å². The van der Waals surface area contributed by atoms with Gasteiger partial charge in [-0.2, -0.15) is 0 Å². The third-order valence-electron chi connectivity index (χ3n) is 7.65. The fourth-order valence-electron chi connectivity index (χ4n) is 4.57. The average molecular weight is 772 g/mol. The topological polar surface area (TPSA) is 146 Å². The number of azo groups is 1. The van der Waals surface area contributed by atoms with Gasteiger partial charge in [-0.05, 0) is 96.1 Å². The van der Waals surface area contributed by atoms with Crippen molar-refractivity contribution in [3.05, 3.63) is 35.8 Å². The average Bonchev–Trinajstić information content (AvgIpc) is 3.55. The van der Waals surface area contributed by atoms with E-state index in [0.29, 0.717) is 65.9 Å². The lowest BCUT2D eigenvalue weighted by Crippen LogP contribution is -2.33. The molecule has 53 heavy (non-hydrogen) atoms. The quantitative estimate of drug-likeness (QED) is 0.0606. The van der Waals surface area contributed by atoms with E-state index in [1.165, 1.54) is 11.3 Å². The van der Waals surface area contributed by atoms with Crippen molar-refractivity contribution in [2.24, 2.45) is 17.3 Å². The summed E-state index contributed by atoms with van der Waals surface area (Å²) in [6, 6.07) is 7.99. The van der Waals surface area contributed by atoms with E-state index in [4.69, 9.17) is 37.9 Å². The van der Waals surface area contributed by atoms with Crippen LogP contribution in [0.5, 0.6) is 0 Å². The Morgan fingerprint density at radius 1 is 0.585 bits per heavy atom. The second-order valence-electron chi connectivity index (χ2n) is 13.7. The summed E-state index contributed by atoms with van der Waals surface area (Å²) in [5.41, 5.74) is 1.80. The first-order valence-electron chi connectivity index (χ1n) is 18.7. The molecule has 0 aliphatic rings. The standard InChI is InChI=1S/C38H67N4O10S/c1-28(43)20-47-32(5)24-51-34(7)26-49-30(3)22-45-17-14-42(37-12-10-36(11-13-37)39-40-38-41(9)16-19-53-38)15-18-46-23-31(4)50-27-35(8)52-25-33(6)48-21-29(2)44/h10-13,16,19,28-35,43-44H,14-15,17-18,20-27H2,1-9H3/q+1. The maximum atomic E-state index is 9.38. The number of aromatic nitrogens is 1. The van der Waals surface area contributed by atoms with Gasteiger partial charge in [-0.15, -0.1) is 0 Å². The molecule has 1 aromatic heterocycles. The zero-order valence-electron chi connectivity index (χ0n) is 33.4. The zero-order valence-corrected chi connectivity index (χ0v) is 34.2. The summed E-state index contributed by atoms with van der Waals surface area (Å²) >= 11 is 1.54. The predicted octanol–water partition coefficient (Wildman–Crippen LogP) is 5.02. The number of aryl methyl sites for hydroxylation is 1. The molecule has 2 rings (SSSR count). The SMILES string of the molecule is CC(O)COC(C)COC(C)COC(C)COCCN(CCOCC(C)OCC(C)OCC(C)OCC(C)O)c1ccc(/N=N/c2scc[n+]2C)cc1. The van der Waals surface area contributed by atoms with Gasteiger partial charge in [0.2, 0.25) is 0 Å². The number of thiazole rings is 1. The van der Waals surface area contributed by atoms with Gasteiger partial charge < -0.3 is 53.0 Å². The molecule has 0 aliphatic heterocycles. The Balaban J connectivity index is 1.80. The molecule has 8 unspecified atom stereocenters. The Bertz CT molecular complexity index is 1180. The Labute approximate surface area is 321 Å². The summed E-state index contributed by atoms with van der Waals surface area (Å²) in [7, 11) is 1.95. The fourth-order valence-corrected chi connectivity index (χ4v) is 5.25. The predicted molar refractivity (Wildman–Crippen MR) is 206 cm³/mol. The summed E-state index contributed by atoms with van der Waals surface area (Å²) in [5.74, 6) is 0.